The van der Waals surface area contributed by atoms with Crippen LogP contribution in [0, 0.1) is 0 Å². The maximum atomic E-state index is 12.7. The van der Waals surface area contributed by atoms with Crippen molar-refractivity contribution in [3.05, 3.63) is 34.0 Å². The lowest BCUT2D eigenvalue weighted by molar-refractivity contribution is -0.114. The monoisotopic (exact) mass is 380 g/mol. The number of halogens is 2. The van der Waals surface area contributed by atoms with Gasteiger partial charge in [-0.05, 0) is 44.6 Å². The maximum Gasteiger partial charge on any atom is 0.336 e. The molecular formula is C18H18Cl2N2O3. The topological polar surface area (TPSA) is 49.9 Å². The van der Waals surface area contributed by atoms with Crippen molar-refractivity contribution in [2.75, 3.05) is 11.4 Å². The minimum Gasteiger partial charge on any atom is -0.489 e. The number of nitrogens with zero attached hydrogens (tertiary/aromatic N) is 2. The molecule has 0 radical (unpaired) electrons. The maximum absolute atomic E-state index is 12.7. The molecule has 0 unspecified atom stereocenters. The van der Waals surface area contributed by atoms with Crippen LogP contribution in [0.1, 0.15) is 38.5 Å². The van der Waals surface area contributed by atoms with Crippen molar-refractivity contribution in [2.24, 2.45) is 0 Å². The van der Waals surface area contributed by atoms with E-state index in [0.717, 1.165) is 43.4 Å². The van der Waals surface area contributed by atoms with Gasteiger partial charge < -0.3 is 4.74 Å². The van der Waals surface area contributed by atoms with Gasteiger partial charge in [0.25, 0.3) is 5.91 Å². The third kappa shape index (κ3) is 2.89. The Balaban J connectivity index is 1.69. The minimum absolute atomic E-state index is 0.116. The van der Waals surface area contributed by atoms with Crippen LogP contribution in [-0.4, -0.2) is 29.5 Å². The van der Waals surface area contributed by atoms with Crippen molar-refractivity contribution < 1.29 is 14.3 Å². The first-order valence-electron chi connectivity index (χ1n) is 8.58. The van der Waals surface area contributed by atoms with Crippen molar-refractivity contribution in [3.63, 3.8) is 0 Å². The summed E-state index contributed by atoms with van der Waals surface area (Å²) in [6.07, 6.45) is 7.80. The summed E-state index contributed by atoms with van der Waals surface area (Å²) in [5.41, 5.74) is 0.755. The Morgan fingerprint density at radius 2 is 1.80 bits per heavy atom. The van der Waals surface area contributed by atoms with Crippen LogP contribution in [0.3, 0.4) is 0 Å². The van der Waals surface area contributed by atoms with Gasteiger partial charge in [0.1, 0.15) is 11.4 Å². The fraction of sp³-hybridized carbons (Fsp3) is 0.444. The molecule has 132 valence electrons. The van der Waals surface area contributed by atoms with Gasteiger partial charge in [0.2, 0.25) is 0 Å². The van der Waals surface area contributed by atoms with Crippen LogP contribution in [0.15, 0.2) is 23.9 Å². The van der Waals surface area contributed by atoms with Crippen molar-refractivity contribution in [1.29, 1.82) is 0 Å². The van der Waals surface area contributed by atoms with Crippen LogP contribution in [0.5, 0.6) is 5.75 Å². The first-order valence-corrected chi connectivity index (χ1v) is 9.33. The highest BCUT2D eigenvalue weighted by molar-refractivity contribution is 6.39. The lowest BCUT2D eigenvalue weighted by Crippen LogP contribution is -2.34. The van der Waals surface area contributed by atoms with Gasteiger partial charge in [-0.3, -0.25) is 9.69 Å². The number of carbonyl (C=O) groups excluding carboxylic acids is 2. The van der Waals surface area contributed by atoms with Gasteiger partial charge >= 0.3 is 6.03 Å². The molecule has 0 aromatic heterocycles. The molecule has 0 bridgehead atoms. The molecule has 1 saturated heterocycles. The van der Waals surface area contributed by atoms with E-state index in [1.807, 2.05) is 6.08 Å². The molecule has 1 aromatic carbocycles. The Labute approximate surface area is 156 Å². The minimum atomic E-state index is -0.369. The molecule has 4 rings (SSSR count). The Hall–Kier alpha value is -1.72. The predicted octanol–water partition coefficient (Wildman–Crippen LogP) is 4.76. The number of hydrogen-bond donors (Lipinski definition) is 0. The van der Waals surface area contributed by atoms with Crippen molar-refractivity contribution >= 4 is 40.8 Å². The summed E-state index contributed by atoms with van der Waals surface area (Å²) in [6.45, 7) is 0.545. The molecule has 0 N–H and O–H groups in total. The number of benzene rings is 1. The van der Waals surface area contributed by atoms with Crippen LogP contribution in [0.2, 0.25) is 10.0 Å². The number of carbonyl (C=O) groups is 2. The van der Waals surface area contributed by atoms with Gasteiger partial charge in [0.05, 0.1) is 21.8 Å². The largest absolute Gasteiger partial charge is 0.489 e. The highest BCUT2D eigenvalue weighted by Gasteiger charge is 2.43. The van der Waals surface area contributed by atoms with E-state index in [1.54, 1.807) is 6.07 Å². The van der Waals surface area contributed by atoms with Crippen LogP contribution < -0.4 is 9.64 Å². The number of fused-ring (bicyclic) bond motifs is 1. The number of amides is 3. The fourth-order valence-electron chi connectivity index (χ4n) is 3.62. The van der Waals surface area contributed by atoms with Gasteiger partial charge in [-0.1, -0.05) is 29.3 Å². The third-order valence-electron chi connectivity index (χ3n) is 4.90. The van der Waals surface area contributed by atoms with E-state index in [9.17, 15) is 9.59 Å². The van der Waals surface area contributed by atoms with Crippen LogP contribution >= 0.6 is 23.2 Å². The van der Waals surface area contributed by atoms with E-state index in [2.05, 4.69) is 0 Å². The highest BCUT2D eigenvalue weighted by atomic mass is 35.5. The molecule has 2 heterocycles. The third-order valence-corrected chi connectivity index (χ3v) is 5.49. The molecule has 5 nitrogen and oxygen atoms in total. The van der Waals surface area contributed by atoms with Crippen molar-refractivity contribution in [3.8, 4) is 5.75 Å². The summed E-state index contributed by atoms with van der Waals surface area (Å²) in [4.78, 5) is 28.0. The Morgan fingerprint density at radius 1 is 1.04 bits per heavy atom. The zero-order valence-corrected chi connectivity index (χ0v) is 15.1. The Bertz CT molecular complexity index is 772. The molecule has 0 atom stereocenters. The van der Waals surface area contributed by atoms with Gasteiger partial charge in [-0.15, -0.1) is 0 Å². The quantitative estimate of drug-likeness (QED) is 0.710. The summed E-state index contributed by atoms with van der Waals surface area (Å²) < 4.78 is 5.98. The number of anilines is 1. The Morgan fingerprint density at radius 3 is 2.52 bits per heavy atom. The van der Waals surface area contributed by atoms with Gasteiger partial charge in [0.15, 0.2) is 0 Å². The number of allylic oxidation sites excluding steroid dienone is 1. The van der Waals surface area contributed by atoms with Gasteiger partial charge in [-0.25, -0.2) is 9.69 Å². The second-order valence-electron chi connectivity index (χ2n) is 6.56. The molecule has 1 aromatic rings. The number of urea groups is 1. The molecule has 1 aliphatic carbocycles. The number of hydrogen-bond acceptors (Lipinski definition) is 3. The second-order valence-corrected chi connectivity index (χ2v) is 7.38. The van der Waals surface area contributed by atoms with Crippen LogP contribution in [-0.2, 0) is 4.79 Å². The van der Waals surface area contributed by atoms with E-state index in [4.69, 9.17) is 27.9 Å². The van der Waals surface area contributed by atoms with Crippen molar-refractivity contribution in [1.82, 2.24) is 4.90 Å². The molecule has 2 aliphatic heterocycles. The number of ether oxygens (including phenoxy) is 1. The SMILES string of the molecule is O=C1C2=CCCCN2C(=O)N1c1cc(OC2CCCC2)c(Cl)cc1Cl. The molecular weight excluding hydrogens is 363 g/mol. The second kappa shape index (κ2) is 6.54. The smallest absolute Gasteiger partial charge is 0.336 e. The molecule has 3 amide bonds. The zero-order valence-electron chi connectivity index (χ0n) is 13.6. The van der Waals surface area contributed by atoms with Gasteiger partial charge in [-0.2, -0.15) is 0 Å². The normalized spacial score (nSPS) is 21.0. The highest BCUT2D eigenvalue weighted by Crippen LogP contribution is 2.41. The average molecular weight is 381 g/mol. The van der Waals surface area contributed by atoms with E-state index in [-0.39, 0.29) is 23.1 Å². The summed E-state index contributed by atoms with van der Waals surface area (Å²) in [6, 6.07) is 2.78. The molecule has 7 heteroatoms. The molecule has 2 fully saturated rings. The molecule has 1 saturated carbocycles. The average Bonchev–Trinajstić information content (AvgIpc) is 3.19. The van der Waals surface area contributed by atoms with E-state index in [1.165, 1.54) is 11.0 Å². The van der Waals surface area contributed by atoms with Crippen LogP contribution in [0.4, 0.5) is 10.5 Å². The predicted molar refractivity (Wildman–Crippen MR) is 96.3 cm³/mol. The summed E-state index contributed by atoms with van der Waals surface area (Å²) >= 11 is 12.6. The van der Waals surface area contributed by atoms with Crippen molar-refractivity contribution in [2.45, 2.75) is 44.6 Å². The standard InChI is InChI=1S/C18H18Cl2N2O3/c19-12-9-13(20)16(25-11-5-1-2-6-11)10-15(12)22-17(23)14-7-3-4-8-21(14)18(22)24/h7,9-11H,1-6,8H2. The Kier molecular flexibility index (Phi) is 4.38. The van der Waals surface area contributed by atoms with Crippen LogP contribution in [0.25, 0.3) is 0 Å². The molecule has 25 heavy (non-hydrogen) atoms. The number of rotatable bonds is 3. The first-order chi connectivity index (χ1) is 12.1. The van der Waals surface area contributed by atoms with Gasteiger partial charge in [0, 0.05) is 12.6 Å². The van der Waals surface area contributed by atoms with E-state index >= 15 is 0 Å². The fourth-order valence-corrected chi connectivity index (χ4v) is 4.13. The van der Waals surface area contributed by atoms with E-state index in [0.29, 0.717) is 28.7 Å². The zero-order chi connectivity index (χ0) is 17.6. The molecule has 3 aliphatic rings. The molecule has 0 spiro atoms. The summed E-state index contributed by atoms with van der Waals surface area (Å²) in [7, 11) is 0. The summed E-state index contributed by atoms with van der Waals surface area (Å²) in [5, 5.41) is 0.641. The first kappa shape index (κ1) is 16.7. The lowest BCUT2D eigenvalue weighted by atomic mass is 10.2. The van der Waals surface area contributed by atoms with E-state index < -0.39 is 0 Å². The summed E-state index contributed by atoms with van der Waals surface area (Å²) in [5.74, 6) is 0.119. The lowest BCUT2D eigenvalue weighted by Gasteiger charge is -2.21. The number of imide groups is 1.